The first kappa shape index (κ1) is 18.1. The van der Waals surface area contributed by atoms with E-state index in [0.717, 1.165) is 54.3 Å². The first-order valence-electron chi connectivity index (χ1n) is 9.24. The van der Waals surface area contributed by atoms with Gasteiger partial charge in [0.2, 0.25) is 5.95 Å². The van der Waals surface area contributed by atoms with Crippen molar-refractivity contribution in [2.75, 3.05) is 18.5 Å². The average Bonchev–Trinajstić information content (AvgIpc) is 3.31. The lowest BCUT2D eigenvalue weighted by molar-refractivity contribution is 0.141. The normalized spacial score (nSPS) is 11.2. The first-order chi connectivity index (χ1) is 13.7. The van der Waals surface area contributed by atoms with Gasteiger partial charge < -0.3 is 10.1 Å². The minimum atomic E-state index is 0.515. The van der Waals surface area contributed by atoms with Gasteiger partial charge in [-0.3, -0.25) is 4.68 Å². The lowest BCUT2D eigenvalue weighted by Gasteiger charge is -2.07. The van der Waals surface area contributed by atoms with Gasteiger partial charge in [0.15, 0.2) is 0 Å². The van der Waals surface area contributed by atoms with Crippen molar-refractivity contribution in [3.8, 4) is 11.3 Å². The average molecular weight is 378 g/mol. The topological polar surface area (TPSA) is 95.6 Å². The third-order valence-electron chi connectivity index (χ3n) is 4.39. The summed E-state index contributed by atoms with van der Waals surface area (Å²) in [6.45, 7) is 4.24. The zero-order chi connectivity index (χ0) is 19.3. The van der Waals surface area contributed by atoms with E-state index in [-0.39, 0.29) is 0 Å². The van der Waals surface area contributed by atoms with Gasteiger partial charge in [-0.25, -0.2) is 14.6 Å². The van der Waals surface area contributed by atoms with E-state index in [1.54, 1.807) is 17.1 Å². The lowest BCUT2D eigenvalue weighted by Crippen LogP contribution is -2.04. The maximum absolute atomic E-state index is 5.39. The summed E-state index contributed by atoms with van der Waals surface area (Å²) in [5, 5.41) is 15.9. The minimum Gasteiger partial charge on any atom is -0.382 e. The number of benzene rings is 1. The van der Waals surface area contributed by atoms with Gasteiger partial charge in [-0.15, -0.1) is 5.10 Å². The Morgan fingerprint density at radius 2 is 2.07 bits per heavy atom. The molecule has 0 radical (unpaired) electrons. The van der Waals surface area contributed by atoms with Crippen LogP contribution in [0.1, 0.15) is 13.3 Å². The Labute approximate surface area is 162 Å². The molecule has 0 aliphatic rings. The van der Waals surface area contributed by atoms with E-state index in [4.69, 9.17) is 4.74 Å². The van der Waals surface area contributed by atoms with Crippen LogP contribution < -0.4 is 5.32 Å². The van der Waals surface area contributed by atoms with Crippen molar-refractivity contribution < 1.29 is 4.74 Å². The van der Waals surface area contributed by atoms with Crippen molar-refractivity contribution in [2.45, 2.75) is 19.9 Å². The number of aryl methyl sites for hydroxylation is 2. The molecule has 0 amide bonds. The molecule has 3 heterocycles. The van der Waals surface area contributed by atoms with Crippen LogP contribution in [0.25, 0.3) is 22.3 Å². The molecule has 0 bridgehead atoms. The quantitative estimate of drug-likeness (QED) is 0.471. The summed E-state index contributed by atoms with van der Waals surface area (Å²) in [6.07, 6.45) is 4.36. The molecule has 28 heavy (non-hydrogen) atoms. The molecular formula is C19H22N8O. The van der Waals surface area contributed by atoms with Gasteiger partial charge in [0.25, 0.3) is 0 Å². The molecule has 4 aromatic rings. The molecule has 9 heteroatoms. The van der Waals surface area contributed by atoms with Gasteiger partial charge in [0, 0.05) is 44.6 Å². The largest absolute Gasteiger partial charge is 0.382 e. The molecule has 0 unspecified atom stereocenters. The molecule has 9 nitrogen and oxygen atoms in total. The fraction of sp³-hybridized carbons (Fsp3) is 0.316. The van der Waals surface area contributed by atoms with Gasteiger partial charge >= 0.3 is 0 Å². The number of anilines is 2. The minimum absolute atomic E-state index is 0.515. The number of hydrogen-bond acceptors (Lipinski definition) is 7. The fourth-order valence-electron chi connectivity index (χ4n) is 2.95. The second-order valence-corrected chi connectivity index (χ2v) is 6.30. The molecule has 0 saturated carbocycles. The lowest BCUT2D eigenvalue weighted by atomic mass is 10.1. The zero-order valence-corrected chi connectivity index (χ0v) is 15.9. The van der Waals surface area contributed by atoms with E-state index in [0.29, 0.717) is 5.95 Å². The predicted molar refractivity (Wildman–Crippen MR) is 106 cm³/mol. The van der Waals surface area contributed by atoms with Crippen LogP contribution in [0.2, 0.25) is 0 Å². The van der Waals surface area contributed by atoms with Crippen LogP contribution in [0.15, 0.2) is 42.7 Å². The smallest absolute Gasteiger partial charge is 0.228 e. The van der Waals surface area contributed by atoms with E-state index in [1.165, 1.54) is 0 Å². The van der Waals surface area contributed by atoms with Crippen LogP contribution >= 0.6 is 0 Å². The number of aromatic nitrogens is 7. The molecule has 4 rings (SSSR count). The summed E-state index contributed by atoms with van der Waals surface area (Å²) < 4.78 is 9.03. The van der Waals surface area contributed by atoms with Gasteiger partial charge in [0.05, 0.1) is 17.4 Å². The second kappa shape index (κ2) is 8.13. The molecule has 0 saturated heterocycles. The molecule has 3 aromatic heterocycles. The standard InChI is InChI=1S/C19H22N8O/c1-3-28-12-4-11-27-17-6-5-14(13-16(17)24-25-27)15-7-9-20-19(22-15)23-18-8-10-21-26(18)2/h5-10,13H,3-4,11-12H2,1-2H3,(H,20,22,23). The van der Waals surface area contributed by atoms with Gasteiger partial charge in [-0.05, 0) is 31.5 Å². The molecule has 0 spiro atoms. The summed E-state index contributed by atoms with van der Waals surface area (Å²) in [7, 11) is 1.86. The van der Waals surface area contributed by atoms with Gasteiger partial charge in [0.1, 0.15) is 11.3 Å². The van der Waals surface area contributed by atoms with Crippen LogP contribution in [0.3, 0.4) is 0 Å². The second-order valence-electron chi connectivity index (χ2n) is 6.30. The Bertz CT molecular complexity index is 1070. The van der Waals surface area contributed by atoms with Crippen LogP contribution in [-0.4, -0.2) is 48.0 Å². The van der Waals surface area contributed by atoms with E-state index in [1.807, 2.05) is 49.0 Å². The molecule has 0 atom stereocenters. The van der Waals surface area contributed by atoms with Crippen LogP contribution in [0.4, 0.5) is 11.8 Å². The Kier molecular flexibility index (Phi) is 5.24. The highest BCUT2D eigenvalue weighted by Gasteiger charge is 2.09. The Morgan fingerprint density at radius 3 is 2.89 bits per heavy atom. The highest BCUT2D eigenvalue weighted by molar-refractivity contribution is 5.80. The Hall–Kier alpha value is -3.33. The maximum atomic E-state index is 5.39. The number of ether oxygens (including phenoxy) is 1. The summed E-state index contributed by atoms with van der Waals surface area (Å²) in [4.78, 5) is 8.90. The van der Waals surface area contributed by atoms with E-state index < -0.39 is 0 Å². The SMILES string of the molecule is CCOCCCn1nnc2cc(-c3ccnc(Nc4ccnn4C)n3)ccc21. The van der Waals surface area contributed by atoms with Crippen molar-refractivity contribution in [1.29, 1.82) is 0 Å². The summed E-state index contributed by atoms with van der Waals surface area (Å²) in [5.74, 6) is 1.34. The van der Waals surface area contributed by atoms with Crippen molar-refractivity contribution >= 4 is 22.8 Å². The van der Waals surface area contributed by atoms with Crippen molar-refractivity contribution in [3.05, 3.63) is 42.7 Å². The molecular weight excluding hydrogens is 356 g/mol. The summed E-state index contributed by atoms with van der Waals surface area (Å²) in [5.41, 5.74) is 3.62. The monoisotopic (exact) mass is 378 g/mol. The summed E-state index contributed by atoms with van der Waals surface area (Å²) >= 11 is 0. The van der Waals surface area contributed by atoms with Gasteiger partial charge in [-0.2, -0.15) is 5.10 Å². The number of hydrogen-bond donors (Lipinski definition) is 1. The highest BCUT2D eigenvalue weighted by Crippen LogP contribution is 2.23. The van der Waals surface area contributed by atoms with Crippen molar-refractivity contribution in [3.63, 3.8) is 0 Å². The van der Waals surface area contributed by atoms with E-state index >= 15 is 0 Å². The van der Waals surface area contributed by atoms with Crippen LogP contribution in [0, 0.1) is 0 Å². The third-order valence-corrected chi connectivity index (χ3v) is 4.39. The van der Waals surface area contributed by atoms with Crippen molar-refractivity contribution in [1.82, 2.24) is 34.7 Å². The third kappa shape index (κ3) is 3.84. The van der Waals surface area contributed by atoms with Crippen molar-refractivity contribution in [2.24, 2.45) is 7.05 Å². The Balaban J connectivity index is 1.54. The summed E-state index contributed by atoms with van der Waals surface area (Å²) in [6, 6.07) is 9.80. The fourth-order valence-corrected chi connectivity index (χ4v) is 2.95. The maximum Gasteiger partial charge on any atom is 0.228 e. The molecule has 1 aromatic carbocycles. The zero-order valence-electron chi connectivity index (χ0n) is 15.9. The number of nitrogens with zero attached hydrogens (tertiary/aromatic N) is 7. The van der Waals surface area contributed by atoms with E-state index in [2.05, 4.69) is 30.7 Å². The van der Waals surface area contributed by atoms with Crippen LogP contribution in [0.5, 0.6) is 0 Å². The first-order valence-corrected chi connectivity index (χ1v) is 9.24. The molecule has 144 valence electrons. The van der Waals surface area contributed by atoms with Crippen LogP contribution in [-0.2, 0) is 18.3 Å². The highest BCUT2D eigenvalue weighted by atomic mass is 16.5. The van der Waals surface area contributed by atoms with E-state index in [9.17, 15) is 0 Å². The number of fused-ring (bicyclic) bond motifs is 1. The predicted octanol–water partition coefficient (Wildman–Crippen LogP) is 2.79. The number of nitrogens with one attached hydrogen (secondary N) is 1. The molecule has 0 fully saturated rings. The molecule has 0 aliphatic heterocycles. The molecule has 1 N–H and O–H groups in total. The molecule has 0 aliphatic carbocycles. The van der Waals surface area contributed by atoms with Gasteiger partial charge in [-0.1, -0.05) is 11.3 Å². The Morgan fingerprint density at radius 1 is 1.14 bits per heavy atom. The number of rotatable bonds is 8.